The molecule has 0 spiro atoms. The molecule has 47 heavy (non-hydrogen) atoms. The SMILES string of the molecule is c1ccc(-c2ccc(N(c3ccc(-c4ccccc4)cc3)c3ccc4c(c3)sc3ccc5nc(-c6ccccc6)oc5c34)cc2)cc1. The van der Waals surface area contributed by atoms with Crippen LogP contribution in [0.3, 0.4) is 0 Å². The van der Waals surface area contributed by atoms with E-state index in [1.807, 2.05) is 30.3 Å². The van der Waals surface area contributed by atoms with Gasteiger partial charge in [-0.05, 0) is 82.9 Å². The largest absolute Gasteiger partial charge is 0.435 e. The fraction of sp³-hybridized carbons (Fsp3) is 0. The van der Waals surface area contributed by atoms with Crippen LogP contribution in [0.4, 0.5) is 17.1 Å². The summed E-state index contributed by atoms with van der Waals surface area (Å²) in [6.45, 7) is 0. The van der Waals surface area contributed by atoms with Crippen LogP contribution in [0.25, 0.3) is 65.0 Å². The van der Waals surface area contributed by atoms with Crippen molar-refractivity contribution in [1.29, 1.82) is 0 Å². The number of oxazole rings is 1. The summed E-state index contributed by atoms with van der Waals surface area (Å²) in [4.78, 5) is 7.17. The summed E-state index contributed by atoms with van der Waals surface area (Å²) in [5.74, 6) is 0.646. The Morgan fingerprint density at radius 2 is 0.957 bits per heavy atom. The molecule has 0 aliphatic carbocycles. The Hall–Kier alpha value is -5.97. The van der Waals surface area contributed by atoms with E-state index >= 15 is 0 Å². The molecular weight excluding hydrogens is 593 g/mol. The van der Waals surface area contributed by atoms with Crippen molar-refractivity contribution in [1.82, 2.24) is 4.98 Å². The number of nitrogens with zero attached hydrogens (tertiary/aromatic N) is 2. The van der Waals surface area contributed by atoms with Gasteiger partial charge in [0.2, 0.25) is 5.89 Å². The first-order valence-corrected chi connectivity index (χ1v) is 16.5. The van der Waals surface area contributed by atoms with Crippen molar-refractivity contribution < 1.29 is 4.42 Å². The van der Waals surface area contributed by atoms with Gasteiger partial charge in [0.15, 0.2) is 5.58 Å². The highest BCUT2D eigenvalue weighted by Crippen LogP contribution is 2.44. The number of fused-ring (bicyclic) bond motifs is 5. The van der Waals surface area contributed by atoms with Crippen LogP contribution in [0.1, 0.15) is 0 Å². The van der Waals surface area contributed by atoms with E-state index in [0.29, 0.717) is 5.89 Å². The van der Waals surface area contributed by atoms with Gasteiger partial charge < -0.3 is 9.32 Å². The zero-order valence-corrected chi connectivity index (χ0v) is 26.2. The van der Waals surface area contributed by atoms with Crippen LogP contribution in [-0.4, -0.2) is 4.98 Å². The van der Waals surface area contributed by atoms with E-state index in [1.165, 1.54) is 37.0 Å². The van der Waals surface area contributed by atoms with Gasteiger partial charge in [0.05, 0.1) is 0 Å². The van der Waals surface area contributed by atoms with Gasteiger partial charge in [0.25, 0.3) is 0 Å². The lowest BCUT2D eigenvalue weighted by Crippen LogP contribution is -2.09. The van der Waals surface area contributed by atoms with Crippen LogP contribution in [0.2, 0.25) is 0 Å². The number of hydrogen-bond donors (Lipinski definition) is 0. The molecular formula is C43H28N2OS. The standard InChI is InChI=1S/C43H28N2OS/c1-4-10-29(11-5-1)31-16-20-34(21-17-31)45(35-22-18-32(19-23-35)30-12-6-2-7-13-30)36-24-25-37-40(28-36)47-39-27-26-38-42(41(37)39)46-43(44-38)33-14-8-3-9-15-33/h1-28H. The number of rotatable bonds is 6. The predicted octanol–water partition coefficient (Wildman–Crippen LogP) is 12.7. The molecule has 222 valence electrons. The van der Waals surface area contributed by atoms with Crippen molar-refractivity contribution in [2.75, 3.05) is 4.90 Å². The van der Waals surface area contributed by atoms with E-state index in [1.54, 1.807) is 11.3 Å². The molecule has 2 heterocycles. The van der Waals surface area contributed by atoms with Gasteiger partial charge in [0, 0.05) is 42.8 Å². The Morgan fingerprint density at radius 1 is 0.447 bits per heavy atom. The molecule has 0 aliphatic rings. The molecule has 2 aromatic heterocycles. The molecule has 0 bridgehead atoms. The Kier molecular flexibility index (Phi) is 6.65. The quantitative estimate of drug-likeness (QED) is 0.185. The van der Waals surface area contributed by atoms with Gasteiger partial charge in [0.1, 0.15) is 5.52 Å². The zero-order valence-electron chi connectivity index (χ0n) is 25.4. The Balaban J connectivity index is 1.16. The summed E-state index contributed by atoms with van der Waals surface area (Å²) >= 11 is 1.79. The molecule has 0 fully saturated rings. The topological polar surface area (TPSA) is 29.3 Å². The fourth-order valence-electron chi connectivity index (χ4n) is 6.39. The fourth-order valence-corrected chi connectivity index (χ4v) is 7.53. The Labute approximate surface area is 276 Å². The highest BCUT2D eigenvalue weighted by molar-refractivity contribution is 7.26. The molecule has 0 saturated heterocycles. The number of benzene rings is 7. The van der Waals surface area contributed by atoms with Crippen LogP contribution >= 0.6 is 11.3 Å². The molecule has 0 aliphatic heterocycles. The normalized spacial score (nSPS) is 11.4. The van der Waals surface area contributed by atoms with Crippen LogP contribution in [0.15, 0.2) is 174 Å². The van der Waals surface area contributed by atoms with Crippen LogP contribution < -0.4 is 4.90 Å². The third-order valence-corrected chi connectivity index (χ3v) is 9.84. The number of aromatic nitrogens is 1. The summed E-state index contributed by atoms with van der Waals surface area (Å²) in [6, 6.07) is 59.8. The van der Waals surface area contributed by atoms with E-state index in [4.69, 9.17) is 9.40 Å². The zero-order chi connectivity index (χ0) is 31.2. The van der Waals surface area contributed by atoms with Gasteiger partial charge in [-0.25, -0.2) is 4.98 Å². The number of thiophene rings is 1. The lowest BCUT2D eigenvalue weighted by atomic mass is 10.0. The van der Waals surface area contributed by atoms with Gasteiger partial charge in [-0.1, -0.05) is 109 Å². The maximum Gasteiger partial charge on any atom is 0.227 e. The second-order valence-electron chi connectivity index (χ2n) is 11.6. The lowest BCUT2D eigenvalue weighted by Gasteiger charge is -2.26. The molecule has 0 atom stereocenters. The number of hydrogen-bond acceptors (Lipinski definition) is 4. The molecule has 0 saturated carbocycles. The maximum absolute atomic E-state index is 6.43. The third-order valence-electron chi connectivity index (χ3n) is 8.72. The van der Waals surface area contributed by atoms with Gasteiger partial charge in [-0.3, -0.25) is 0 Å². The van der Waals surface area contributed by atoms with Crippen molar-refractivity contribution in [2.45, 2.75) is 0 Å². The van der Waals surface area contributed by atoms with E-state index < -0.39 is 0 Å². The average molecular weight is 621 g/mol. The second kappa shape index (κ2) is 11.4. The summed E-state index contributed by atoms with van der Waals surface area (Å²) in [7, 11) is 0. The van der Waals surface area contributed by atoms with Gasteiger partial charge in [-0.15, -0.1) is 11.3 Å². The highest BCUT2D eigenvalue weighted by Gasteiger charge is 2.18. The van der Waals surface area contributed by atoms with Crippen molar-refractivity contribution in [2.24, 2.45) is 0 Å². The first-order valence-electron chi connectivity index (χ1n) is 15.7. The minimum Gasteiger partial charge on any atom is -0.435 e. The highest BCUT2D eigenvalue weighted by atomic mass is 32.1. The smallest absolute Gasteiger partial charge is 0.227 e. The maximum atomic E-state index is 6.43. The minimum atomic E-state index is 0.646. The van der Waals surface area contributed by atoms with Crippen LogP contribution in [-0.2, 0) is 0 Å². The molecule has 7 aromatic carbocycles. The van der Waals surface area contributed by atoms with Crippen LogP contribution in [0.5, 0.6) is 0 Å². The van der Waals surface area contributed by atoms with Crippen molar-refractivity contribution >= 4 is 59.7 Å². The molecule has 0 N–H and O–H groups in total. The average Bonchev–Trinajstić information content (AvgIpc) is 3.75. The van der Waals surface area contributed by atoms with Crippen molar-refractivity contribution in [3.8, 4) is 33.7 Å². The third kappa shape index (κ3) is 4.96. The minimum absolute atomic E-state index is 0.646. The van der Waals surface area contributed by atoms with Crippen molar-refractivity contribution in [3.05, 3.63) is 170 Å². The predicted molar refractivity (Wildman–Crippen MR) is 198 cm³/mol. The first-order chi connectivity index (χ1) is 23.3. The van der Waals surface area contributed by atoms with E-state index in [9.17, 15) is 0 Å². The molecule has 9 rings (SSSR count). The summed E-state index contributed by atoms with van der Waals surface area (Å²) in [5.41, 5.74) is 10.8. The van der Waals surface area contributed by atoms with E-state index in [-0.39, 0.29) is 0 Å². The van der Waals surface area contributed by atoms with E-state index in [0.717, 1.165) is 39.1 Å². The Bertz CT molecular complexity index is 2400. The number of anilines is 3. The molecule has 0 unspecified atom stereocenters. The lowest BCUT2D eigenvalue weighted by molar-refractivity contribution is 0.623. The first kappa shape index (κ1) is 27.3. The van der Waals surface area contributed by atoms with Gasteiger partial charge in [-0.2, -0.15) is 0 Å². The second-order valence-corrected chi connectivity index (χ2v) is 12.7. The molecule has 9 aromatic rings. The molecule has 4 heteroatoms. The monoisotopic (exact) mass is 620 g/mol. The van der Waals surface area contributed by atoms with Gasteiger partial charge >= 0.3 is 0 Å². The summed E-state index contributed by atoms with van der Waals surface area (Å²) in [6.07, 6.45) is 0. The Morgan fingerprint density at radius 3 is 1.53 bits per heavy atom. The van der Waals surface area contributed by atoms with Crippen molar-refractivity contribution in [3.63, 3.8) is 0 Å². The molecule has 0 radical (unpaired) electrons. The summed E-state index contributed by atoms with van der Waals surface area (Å²) < 4.78 is 8.82. The molecule has 0 amide bonds. The summed E-state index contributed by atoms with van der Waals surface area (Å²) in [5, 5.41) is 2.30. The molecule has 3 nitrogen and oxygen atoms in total. The van der Waals surface area contributed by atoms with Crippen LogP contribution in [0, 0.1) is 0 Å². The van der Waals surface area contributed by atoms with E-state index in [2.05, 4.69) is 144 Å².